The van der Waals surface area contributed by atoms with Crippen molar-refractivity contribution in [2.45, 2.75) is 45.1 Å². The van der Waals surface area contributed by atoms with Gasteiger partial charge in [0.25, 0.3) is 0 Å². The molecular weight excluding hydrogens is 460 g/mol. The van der Waals surface area contributed by atoms with Crippen molar-refractivity contribution in [2.75, 3.05) is 25.9 Å². The summed E-state index contributed by atoms with van der Waals surface area (Å²) in [7, 11) is 3.51. The van der Waals surface area contributed by atoms with Crippen molar-refractivity contribution in [3.05, 3.63) is 29.8 Å². The number of methoxy groups -OCH3 is 1. The third-order valence-electron chi connectivity index (χ3n) is 4.92. The van der Waals surface area contributed by atoms with Crippen molar-refractivity contribution in [3.8, 4) is 5.75 Å². The van der Waals surface area contributed by atoms with Crippen LogP contribution >= 0.6 is 23.7 Å². The maximum atomic E-state index is 11.0. The first-order chi connectivity index (χ1) is 16.0. The third-order valence-corrected chi connectivity index (χ3v) is 6.93. The molecule has 0 aromatic heterocycles. The number of hydrogen-bond donors (Lipinski definition) is 3. The summed E-state index contributed by atoms with van der Waals surface area (Å²) < 4.78 is 6.89. The van der Waals surface area contributed by atoms with E-state index in [2.05, 4.69) is 27.6 Å². The minimum Gasteiger partial charge on any atom is -0.496 e. The average Bonchev–Trinajstić information content (AvgIpc) is 2.83. The van der Waals surface area contributed by atoms with Gasteiger partial charge in [0.15, 0.2) is 0 Å². The molecule has 1 aromatic carbocycles. The molecule has 11 heteroatoms. The Balaban J connectivity index is 0.000000412. The van der Waals surface area contributed by atoms with E-state index < -0.39 is 0 Å². The maximum absolute atomic E-state index is 11.0. The predicted molar refractivity (Wildman–Crippen MR) is 139 cm³/mol. The van der Waals surface area contributed by atoms with Gasteiger partial charge in [0.2, 0.25) is 5.91 Å². The number of para-hydroxylation sites is 1. The molecule has 1 unspecified atom stereocenters. The number of rotatable bonds is 11. The van der Waals surface area contributed by atoms with Crippen LogP contribution in [-0.4, -0.2) is 60.3 Å². The normalized spacial score (nSPS) is 18.2. The number of benzene rings is 1. The van der Waals surface area contributed by atoms with Gasteiger partial charge in [-0.2, -0.15) is 9.52 Å². The molecule has 1 saturated carbocycles. The number of nitrogens with zero attached hydrogens (tertiary/aromatic N) is 3. The molecule has 0 spiro atoms. The van der Waals surface area contributed by atoms with Gasteiger partial charge in [0.1, 0.15) is 17.1 Å². The first kappa shape index (κ1) is 29.1. The molecule has 1 aliphatic carbocycles. The van der Waals surface area contributed by atoms with E-state index >= 15 is 0 Å². The lowest BCUT2D eigenvalue weighted by Gasteiger charge is -2.34. The van der Waals surface area contributed by atoms with Crippen molar-refractivity contribution in [3.63, 3.8) is 0 Å². The van der Waals surface area contributed by atoms with E-state index in [-0.39, 0.29) is 5.91 Å². The van der Waals surface area contributed by atoms with Crippen LogP contribution in [-0.2, 0) is 16.0 Å². The van der Waals surface area contributed by atoms with E-state index in [0.29, 0.717) is 24.3 Å². The largest absolute Gasteiger partial charge is 0.496 e. The zero-order valence-corrected chi connectivity index (χ0v) is 21.3. The molecule has 184 valence electrons. The van der Waals surface area contributed by atoms with Crippen LogP contribution in [0.5, 0.6) is 5.75 Å². The summed E-state index contributed by atoms with van der Waals surface area (Å²) >= 11 is 3.11. The lowest BCUT2D eigenvalue weighted by molar-refractivity contribution is -0.118. The molecule has 2 rings (SSSR count). The summed E-state index contributed by atoms with van der Waals surface area (Å²) in [6.45, 7) is 4.95. The van der Waals surface area contributed by atoms with Gasteiger partial charge in [-0.3, -0.25) is 10.6 Å². The van der Waals surface area contributed by atoms with Crippen LogP contribution in [0.15, 0.2) is 34.5 Å². The Kier molecular flexibility index (Phi) is 15.5. The number of carbonyl (C=O) groups is 2. The molecule has 0 aliphatic heterocycles. The highest BCUT2D eigenvalue weighted by Crippen LogP contribution is 2.32. The lowest BCUT2D eigenvalue weighted by atomic mass is 9.86. The van der Waals surface area contributed by atoms with E-state index in [0.717, 1.165) is 54.2 Å². The van der Waals surface area contributed by atoms with Gasteiger partial charge in [-0.15, -0.1) is 5.10 Å². The highest BCUT2D eigenvalue weighted by Gasteiger charge is 2.29. The molecule has 2 atom stereocenters. The maximum Gasteiger partial charge on any atom is 0.217 e. The van der Waals surface area contributed by atoms with E-state index in [1.165, 1.54) is 18.7 Å². The fourth-order valence-corrected chi connectivity index (χ4v) is 5.00. The van der Waals surface area contributed by atoms with Crippen LogP contribution in [0.3, 0.4) is 0 Å². The monoisotopic (exact) mass is 496 g/mol. The number of ether oxygens (including phenoxy) is 1. The Morgan fingerprint density at radius 1 is 1.36 bits per heavy atom. The van der Waals surface area contributed by atoms with Gasteiger partial charge in [0, 0.05) is 37.6 Å². The first-order valence-corrected chi connectivity index (χ1v) is 12.7. The topological polar surface area (TPSA) is 121 Å². The van der Waals surface area contributed by atoms with E-state index in [1.54, 1.807) is 19.1 Å². The van der Waals surface area contributed by atoms with Crippen LogP contribution in [0.2, 0.25) is 0 Å². The van der Waals surface area contributed by atoms with Crippen LogP contribution in [0, 0.1) is 5.92 Å². The second-order valence-electron chi connectivity index (χ2n) is 7.29. The van der Waals surface area contributed by atoms with Crippen LogP contribution in [0.1, 0.15) is 38.2 Å². The minimum atomic E-state index is -0.0449. The summed E-state index contributed by atoms with van der Waals surface area (Å²) in [4.78, 5) is 21.2. The van der Waals surface area contributed by atoms with Crippen LogP contribution in [0.4, 0.5) is 0 Å². The SMILES string of the molecule is C=N/N=C(\SCNC(C)=O)C1CCC[C@H](N(N)SCNC)C1.COc1ccccc1CC=O. The lowest BCUT2D eigenvalue weighted by Crippen LogP contribution is -2.41. The molecule has 9 nitrogen and oxygen atoms in total. The van der Waals surface area contributed by atoms with Gasteiger partial charge >= 0.3 is 0 Å². The molecule has 0 bridgehead atoms. The van der Waals surface area contributed by atoms with E-state index in [9.17, 15) is 9.59 Å². The number of hydrazine groups is 1. The highest BCUT2D eigenvalue weighted by molar-refractivity contribution is 8.13. The molecule has 0 heterocycles. The Bertz CT molecular complexity index is 765. The Hall–Kier alpha value is -1.92. The molecular formula is C22H36N6O3S2. The summed E-state index contributed by atoms with van der Waals surface area (Å²) in [5.74, 6) is 8.48. The van der Waals surface area contributed by atoms with Crippen LogP contribution in [0.25, 0.3) is 0 Å². The molecule has 4 N–H and O–H groups in total. The predicted octanol–water partition coefficient (Wildman–Crippen LogP) is 2.82. The molecule has 1 aliphatic rings. The number of thioether (sulfide) groups is 1. The fraction of sp³-hybridized carbons (Fsp3) is 0.545. The number of hydrogen-bond acceptors (Lipinski definition) is 10. The summed E-state index contributed by atoms with van der Waals surface area (Å²) in [5.41, 5.74) is 0.935. The zero-order chi connectivity index (χ0) is 24.5. The van der Waals surface area contributed by atoms with Crippen molar-refractivity contribution in [2.24, 2.45) is 22.0 Å². The molecule has 1 amide bonds. The van der Waals surface area contributed by atoms with E-state index in [1.807, 2.05) is 35.7 Å². The Morgan fingerprint density at radius 3 is 2.76 bits per heavy atom. The summed E-state index contributed by atoms with van der Waals surface area (Å²) in [6.07, 6.45) is 5.52. The van der Waals surface area contributed by atoms with Crippen LogP contribution < -0.4 is 21.2 Å². The van der Waals surface area contributed by atoms with Gasteiger partial charge in [-0.1, -0.05) is 36.4 Å². The summed E-state index contributed by atoms with van der Waals surface area (Å²) in [5, 5.41) is 14.6. The van der Waals surface area contributed by atoms with Gasteiger partial charge in [-0.05, 0) is 44.3 Å². The van der Waals surface area contributed by atoms with Crippen molar-refractivity contribution in [1.82, 2.24) is 15.0 Å². The fourth-order valence-electron chi connectivity index (χ4n) is 3.34. The van der Waals surface area contributed by atoms with Crippen molar-refractivity contribution < 1.29 is 14.3 Å². The standard InChI is InChI=1S/C13H26N6OS2.C9H10O2/c1-10(20)17-9-21-13(18-16-3)11-5-4-6-12(7-11)19(14)22-8-15-2;1-11-9-5-3-2-4-8(9)6-7-10/h11-12,15H,3-9,14H2,1-2H3,(H,17,20);2-5,7H,6H2,1H3/b18-13-;/t11?,12-;/m0./s1. The molecule has 1 aromatic rings. The second-order valence-corrected chi connectivity index (χ2v) is 9.25. The molecule has 1 fully saturated rings. The first-order valence-electron chi connectivity index (χ1n) is 10.7. The van der Waals surface area contributed by atoms with Gasteiger partial charge in [-0.25, -0.2) is 0 Å². The van der Waals surface area contributed by atoms with E-state index in [4.69, 9.17) is 10.6 Å². The number of aldehydes is 1. The number of carbonyl (C=O) groups excluding carboxylic acids is 2. The molecule has 33 heavy (non-hydrogen) atoms. The van der Waals surface area contributed by atoms with Crippen molar-refractivity contribution >= 4 is 47.7 Å². The summed E-state index contributed by atoms with van der Waals surface area (Å²) in [6, 6.07) is 7.83. The zero-order valence-electron chi connectivity index (χ0n) is 19.7. The number of nitrogens with two attached hydrogens (primary N) is 1. The molecule has 0 radical (unpaired) electrons. The Morgan fingerprint density at radius 2 is 2.12 bits per heavy atom. The number of amides is 1. The quantitative estimate of drug-likeness (QED) is 0.0813. The van der Waals surface area contributed by atoms with Gasteiger partial charge < -0.3 is 20.2 Å². The second kappa shape index (κ2) is 17.5. The highest BCUT2D eigenvalue weighted by atomic mass is 32.2. The number of nitrogens with one attached hydrogen (secondary N) is 2. The van der Waals surface area contributed by atoms with Crippen molar-refractivity contribution in [1.29, 1.82) is 0 Å². The molecule has 0 saturated heterocycles. The average molecular weight is 497 g/mol. The third kappa shape index (κ3) is 11.7. The Labute approximate surface area is 205 Å². The smallest absolute Gasteiger partial charge is 0.217 e. The minimum absolute atomic E-state index is 0.0449. The van der Waals surface area contributed by atoms with Gasteiger partial charge in [0.05, 0.1) is 18.9 Å².